The zero-order chi connectivity index (χ0) is 15.5. The van der Waals surface area contributed by atoms with Gasteiger partial charge in [0, 0.05) is 17.5 Å². The molecule has 0 saturated heterocycles. The molecule has 0 amide bonds. The molecule has 0 N–H and O–H groups in total. The van der Waals surface area contributed by atoms with E-state index in [2.05, 4.69) is 9.72 Å². The Morgan fingerprint density at radius 3 is 2.45 bits per heavy atom. The monoisotopic (exact) mass is 297 g/mol. The molecule has 0 saturated carbocycles. The third-order valence-electron chi connectivity index (χ3n) is 2.53. The lowest BCUT2D eigenvalue weighted by Gasteiger charge is -2.17. The number of pyridine rings is 1. The Morgan fingerprint density at radius 2 is 2.00 bits per heavy atom. The number of halogens is 5. The number of nitrogens with zero attached hydrogens (tertiary/aromatic N) is 1. The number of aromatic nitrogens is 1. The maximum atomic E-state index is 13.0. The van der Waals surface area contributed by atoms with Gasteiger partial charge in [0.05, 0.1) is 18.6 Å². The number of carbonyl (C=O) groups excluding carboxylic acids is 1. The molecule has 1 aromatic heterocycles. The summed E-state index contributed by atoms with van der Waals surface area (Å²) in [6.07, 6.45) is -8.15. The number of rotatable bonds is 4. The fourth-order valence-corrected chi connectivity index (χ4v) is 1.78. The van der Waals surface area contributed by atoms with Crippen molar-refractivity contribution in [2.45, 2.75) is 32.9 Å². The zero-order valence-electron chi connectivity index (χ0n) is 10.7. The normalized spacial score (nSPS) is 11.8. The van der Waals surface area contributed by atoms with Crippen LogP contribution in [-0.4, -0.2) is 17.6 Å². The second-order valence-electron chi connectivity index (χ2n) is 3.94. The van der Waals surface area contributed by atoms with Gasteiger partial charge in [-0.1, -0.05) is 0 Å². The van der Waals surface area contributed by atoms with E-state index in [1.165, 1.54) is 6.92 Å². The maximum Gasteiger partial charge on any atom is 0.418 e. The molecule has 0 spiro atoms. The van der Waals surface area contributed by atoms with E-state index in [9.17, 15) is 26.7 Å². The van der Waals surface area contributed by atoms with E-state index in [4.69, 9.17) is 0 Å². The molecule has 0 atom stereocenters. The summed E-state index contributed by atoms with van der Waals surface area (Å²) in [7, 11) is 0. The quantitative estimate of drug-likeness (QED) is 0.631. The van der Waals surface area contributed by atoms with Gasteiger partial charge in [-0.3, -0.25) is 9.78 Å². The highest BCUT2D eigenvalue weighted by molar-refractivity contribution is 5.73. The first-order valence-corrected chi connectivity index (χ1v) is 5.67. The van der Waals surface area contributed by atoms with Gasteiger partial charge in [0.15, 0.2) is 0 Å². The first-order chi connectivity index (χ1) is 9.18. The van der Waals surface area contributed by atoms with Gasteiger partial charge in [0.25, 0.3) is 6.43 Å². The van der Waals surface area contributed by atoms with Crippen molar-refractivity contribution in [2.75, 3.05) is 6.61 Å². The van der Waals surface area contributed by atoms with Crippen LogP contribution < -0.4 is 0 Å². The molecule has 0 radical (unpaired) electrons. The van der Waals surface area contributed by atoms with Gasteiger partial charge in [-0.2, -0.15) is 13.2 Å². The van der Waals surface area contributed by atoms with Crippen LogP contribution in [0.2, 0.25) is 0 Å². The Bertz CT molecular complexity index is 499. The van der Waals surface area contributed by atoms with Gasteiger partial charge in [0.1, 0.15) is 0 Å². The Kier molecular flexibility index (Phi) is 5.02. The van der Waals surface area contributed by atoms with Crippen LogP contribution in [0.25, 0.3) is 0 Å². The molecule has 0 aromatic carbocycles. The SMILES string of the molecule is CCOC(=O)Cc1cnc(C)c(C(F)(F)F)c1C(F)F. The van der Waals surface area contributed by atoms with E-state index in [-0.39, 0.29) is 6.61 Å². The molecule has 112 valence electrons. The molecule has 1 heterocycles. The molecule has 0 aliphatic rings. The summed E-state index contributed by atoms with van der Waals surface area (Å²) >= 11 is 0. The number of alkyl halides is 5. The van der Waals surface area contributed by atoms with Crippen LogP contribution in [0.4, 0.5) is 22.0 Å². The number of aryl methyl sites for hydroxylation is 1. The van der Waals surface area contributed by atoms with Crippen LogP contribution in [-0.2, 0) is 22.1 Å². The molecule has 0 aliphatic carbocycles. The topological polar surface area (TPSA) is 39.2 Å². The number of hydrogen-bond acceptors (Lipinski definition) is 3. The third-order valence-corrected chi connectivity index (χ3v) is 2.53. The highest BCUT2D eigenvalue weighted by Crippen LogP contribution is 2.39. The van der Waals surface area contributed by atoms with E-state index < -0.39 is 47.4 Å². The van der Waals surface area contributed by atoms with Crippen molar-refractivity contribution in [3.05, 3.63) is 28.6 Å². The predicted octanol–water partition coefficient (Wildman–Crippen LogP) is 3.45. The van der Waals surface area contributed by atoms with Crippen molar-refractivity contribution >= 4 is 5.97 Å². The summed E-state index contributed by atoms with van der Waals surface area (Å²) < 4.78 is 69.0. The van der Waals surface area contributed by atoms with E-state index in [0.29, 0.717) is 0 Å². The maximum absolute atomic E-state index is 13.0. The summed E-state index contributed by atoms with van der Waals surface area (Å²) in [5.41, 5.74) is -3.73. The summed E-state index contributed by atoms with van der Waals surface area (Å²) in [6.45, 7) is 2.50. The molecule has 1 rings (SSSR count). The molecule has 20 heavy (non-hydrogen) atoms. The lowest BCUT2D eigenvalue weighted by atomic mass is 9.99. The van der Waals surface area contributed by atoms with Crippen molar-refractivity contribution in [1.29, 1.82) is 0 Å². The summed E-state index contributed by atoms with van der Waals surface area (Å²) in [5.74, 6) is -0.881. The molecule has 8 heteroatoms. The highest BCUT2D eigenvalue weighted by atomic mass is 19.4. The molecule has 3 nitrogen and oxygen atoms in total. The molecule has 0 unspecified atom stereocenters. The number of esters is 1. The lowest BCUT2D eigenvalue weighted by Crippen LogP contribution is -2.18. The van der Waals surface area contributed by atoms with Gasteiger partial charge in [-0.15, -0.1) is 0 Å². The highest BCUT2D eigenvalue weighted by Gasteiger charge is 2.39. The van der Waals surface area contributed by atoms with Crippen LogP contribution in [0, 0.1) is 6.92 Å². The van der Waals surface area contributed by atoms with E-state index in [1.54, 1.807) is 0 Å². The minimum Gasteiger partial charge on any atom is -0.466 e. The van der Waals surface area contributed by atoms with Gasteiger partial charge in [0.2, 0.25) is 0 Å². The average molecular weight is 297 g/mol. The molecule has 0 bridgehead atoms. The van der Waals surface area contributed by atoms with Crippen molar-refractivity contribution in [3.63, 3.8) is 0 Å². The molecule has 0 aliphatic heterocycles. The smallest absolute Gasteiger partial charge is 0.418 e. The number of ether oxygens (including phenoxy) is 1. The Morgan fingerprint density at radius 1 is 1.40 bits per heavy atom. The van der Waals surface area contributed by atoms with Crippen molar-refractivity contribution in [2.24, 2.45) is 0 Å². The van der Waals surface area contributed by atoms with Gasteiger partial charge < -0.3 is 4.74 Å². The van der Waals surface area contributed by atoms with Gasteiger partial charge >= 0.3 is 12.1 Å². The minimum absolute atomic E-state index is 0.00820. The lowest BCUT2D eigenvalue weighted by molar-refractivity contribution is -0.143. The first kappa shape index (κ1) is 16.3. The van der Waals surface area contributed by atoms with E-state index >= 15 is 0 Å². The summed E-state index contributed by atoms with van der Waals surface area (Å²) in [4.78, 5) is 14.7. The second kappa shape index (κ2) is 6.15. The van der Waals surface area contributed by atoms with Crippen molar-refractivity contribution in [3.8, 4) is 0 Å². The van der Waals surface area contributed by atoms with Gasteiger partial charge in [-0.25, -0.2) is 8.78 Å². The van der Waals surface area contributed by atoms with E-state index in [0.717, 1.165) is 13.1 Å². The van der Waals surface area contributed by atoms with Crippen molar-refractivity contribution in [1.82, 2.24) is 4.98 Å². The third kappa shape index (κ3) is 3.64. The average Bonchev–Trinajstić information content (AvgIpc) is 2.29. The minimum atomic E-state index is -4.96. The molecule has 0 fully saturated rings. The van der Waals surface area contributed by atoms with Crippen LogP contribution >= 0.6 is 0 Å². The second-order valence-corrected chi connectivity index (χ2v) is 3.94. The first-order valence-electron chi connectivity index (χ1n) is 5.67. The predicted molar refractivity (Wildman–Crippen MR) is 59.3 cm³/mol. The molecular formula is C12H12F5NO2. The van der Waals surface area contributed by atoms with E-state index in [1.807, 2.05) is 0 Å². The Hall–Kier alpha value is -1.73. The van der Waals surface area contributed by atoms with Crippen LogP contribution in [0.1, 0.15) is 35.7 Å². The number of carbonyl (C=O) groups is 1. The Balaban J connectivity index is 3.36. The summed E-state index contributed by atoms with van der Waals surface area (Å²) in [5, 5.41) is 0. The fraction of sp³-hybridized carbons (Fsp3) is 0.500. The Labute approximate surface area is 111 Å². The molecule has 1 aromatic rings. The van der Waals surface area contributed by atoms with Crippen LogP contribution in [0.15, 0.2) is 6.20 Å². The molecular weight excluding hydrogens is 285 g/mol. The zero-order valence-corrected chi connectivity index (χ0v) is 10.7. The fourth-order valence-electron chi connectivity index (χ4n) is 1.78. The van der Waals surface area contributed by atoms with Crippen LogP contribution in [0.3, 0.4) is 0 Å². The van der Waals surface area contributed by atoms with Crippen LogP contribution in [0.5, 0.6) is 0 Å². The summed E-state index contributed by atoms with van der Waals surface area (Å²) in [6, 6.07) is 0. The number of hydrogen-bond donors (Lipinski definition) is 0. The standard InChI is InChI=1S/C12H12F5NO2/c1-3-20-8(19)4-7-5-18-6(2)10(12(15,16)17)9(7)11(13)14/h5,11H,3-4H2,1-2H3. The van der Waals surface area contributed by atoms with Gasteiger partial charge in [-0.05, 0) is 19.4 Å². The van der Waals surface area contributed by atoms with Crippen molar-refractivity contribution < 1.29 is 31.5 Å². The largest absolute Gasteiger partial charge is 0.466 e.